The molecule has 5 rings (SSSR count). The van der Waals surface area contributed by atoms with Gasteiger partial charge in [0.15, 0.2) is 17.2 Å². The fourth-order valence-electron chi connectivity index (χ4n) is 3.28. The molecule has 0 unspecified atom stereocenters. The molecule has 4 aromatic rings. The molecule has 0 fully saturated rings. The first kappa shape index (κ1) is 19.3. The molecule has 0 atom stereocenters. The smallest absolute Gasteiger partial charge is 0.262 e. The topological polar surface area (TPSA) is 68.8 Å². The summed E-state index contributed by atoms with van der Waals surface area (Å²) in [6, 6.07) is 12.4. The van der Waals surface area contributed by atoms with Crippen LogP contribution in [0.25, 0.3) is 11.3 Å². The quantitative estimate of drug-likeness (QED) is 0.501. The molecule has 31 heavy (non-hydrogen) atoms. The van der Waals surface area contributed by atoms with Crippen LogP contribution >= 0.6 is 11.3 Å². The minimum atomic E-state index is -0.742. The maximum atomic E-state index is 14.2. The van der Waals surface area contributed by atoms with Crippen molar-refractivity contribution in [3.05, 3.63) is 82.4 Å². The van der Waals surface area contributed by atoms with Crippen LogP contribution in [-0.2, 0) is 11.3 Å². The Labute approximate surface area is 179 Å². The fourth-order valence-corrected chi connectivity index (χ4v) is 4.20. The second-order valence-electron chi connectivity index (χ2n) is 6.82. The van der Waals surface area contributed by atoms with Crippen LogP contribution in [0.1, 0.15) is 5.76 Å². The number of thiazole rings is 1. The van der Waals surface area contributed by atoms with Crippen LogP contribution in [0.3, 0.4) is 0 Å². The number of carbonyl (C=O) groups excluding carboxylic acids is 1. The van der Waals surface area contributed by atoms with Gasteiger partial charge in [0.2, 0.25) is 0 Å². The van der Waals surface area contributed by atoms with Gasteiger partial charge in [-0.1, -0.05) is 0 Å². The van der Waals surface area contributed by atoms with Crippen LogP contribution in [0.15, 0.2) is 69.6 Å². The van der Waals surface area contributed by atoms with Gasteiger partial charge in [-0.3, -0.25) is 4.79 Å². The van der Waals surface area contributed by atoms with Crippen molar-refractivity contribution in [1.29, 1.82) is 0 Å². The highest BCUT2D eigenvalue weighted by atomic mass is 32.1. The molecule has 2 aromatic carbocycles. The summed E-state index contributed by atoms with van der Waals surface area (Å²) in [4.78, 5) is 16.6. The highest BCUT2D eigenvalue weighted by molar-refractivity contribution is 7.07. The molecule has 0 bridgehead atoms. The molecule has 3 heterocycles. The van der Waals surface area contributed by atoms with Crippen LogP contribution in [0.2, 0.25) is 0 Å². The van der Waals surface area contributed by atoms with Crippen molar-refractivity contribution in [2.24, 2.45) is 4.99 Å². The number of amides is 1. The van der Waals surface area contributed by atoms with Crippen LogP contribution in [0.4, 0.5) is 20.2 Å². The molecule has 1 amide bonds. The number of furan rings is 1. The summed E-state index contributed by atoms with van der Waals surface area (Å²) < 4.78 is 40.3. The fraction of sp³-hybridized carbons (Fsp3) is 0.0909. The van der Waals surface area contributed by atoms with E-state index in [0.29, 0.717) is 28.5 Å². The van der Waals surface area contributed by atoms with E-state index in [-0.39, 0.29) is 18.2 Å². The van der Waals surface area contributed by atoms with Gasteiger partial charge in [0, 0.05) is 17.0 Å². The number of ether oxygens (including phenoxy) is 1. The van der Waals surface area contributed by atoms with E-state index in [1.54, 1.807) is 18.4 Å². The largest absolute Gasteiger partial charge is 0.482 e. The lowest BCUT2D eigenvalue weighted by Crippen LogP contribution is -2.25. The van der Waals surface area contributed by atoms with Gasteiger partial charge in [0.05, 0.1) is 24.2 Å². The molecule has 2 aromatic heterocycles. The second kappa shape index (κ2) is 7.84. The van der Waals surface area contributed by atoms with Crippen molar-refractivity contribution >= 4 is 28.6 Å². The monoisotopic (exact) mass is 439 g/mol. The normalized spacial score (nSPS) is 13.6. The number of hydrogen-bond acceptors (Lipinski definition) is 5. The van der Waals surface area contributed by atoms with Crippen LogP contribution in [-0.4, -0.2) is 17.1 Å². The molecular formula is C22H15F2N3O3S. The minimum Gasteiger partial charge on any atom is -0.482 e. The molecule has 1 aliphatic heterocycles. The molecule has 156 valence electrons. The standard InChI is InChI=1S/C22H15F2N3O3S/c23-14-4-5-17(16(24)9-14)26-22-27(10-15-2-1-7-29-15)19(12-31-22)13-3-6-20-18(8-13)25-21(28)11-30-20/h1-9,12H,10-11H2,(H,25,28). The lowest BCUT2D eigenvalue weighted by atomic mass is 10.1. The predicted octanol–water partition coefficient (Wildman–Crippen LogP) is 4.70. The van der Waals surface area contributed by atoms with E-state index < -0.39 is 11.6 Å². The Morgan fingerprint density at radius 3 is 2.87 bits per heavy atom. The summed E-state index contributed by atoms with van der Waals surface area (Å²) in [5.41, 5.74) is 2.22. The summed E-state index contributed by atoms with van der Waals surface area (Å²) in [6.45, 7) is 0.336. The molecule has 1 N–H and O–H groups in total. The van der Waals surface area contributed by atoms with Crippen molar-refractivity contribution in [3.8, 4) is 17.0 Å². The second-order valence-corrected chi connectivity index (χ2v) is 7.66. The summed E-state index contributed by atoms with van der Waals surface area (Å²) in [7, 11) is 0. The molecule has 0 spiro atoms. The van der Waals surface area contributed by atoms with Crippen molar-refractivity contribution in [1.82, 2.24) is 4.57 Å². The lowest BCUT2D eigenvalue weighted by molar-refractivity contribution is -0.118. The average molecular weight is 439 g/mol. The highest BCUT2D eigenvalue weighted by Gasteiger charge is 2.18. The van der Waals surface area contributed by atoms with Gasteiger partial charge in [-0.15, -0.1) is 11.3 Å². The van der Waals surface area contributed by atoms with Crippen molar-refractivity contribution in [2.45, 2.75) is 6.54 Å². The number of nitrogens with zero attached hydrogens (tertiary/aromatic N) is 2. The minimum absolute atomic E-state index is 0.0183. The van der Waals surface area contributed by atoms with Gasteiger partial charge < -0.3 is 19.0 Å². The number of nitrogens with one attached hydrogen (secondary N) is 1. The lowest BCUT2D eigenvalue weighted by Gasteiger charge is -2.18. The summed E-state index contributed by atoms with van der Waals surface area (Å²) in [5.74, 6) is -0.344. The zero-order valence-electron chi connectivity index (χ0n) is 16.0. The third-order valence-corrected chi connectivity index (χ3v) is 5.59. The van der Waals surface area contributed by atoms with Gasteiger partial charge in [-0.2, -0.15) is 0 Å². The number of carbonyl (C=O) groups is 1. The van der Waals surface area contributed by atoms with E-state index in [1.165, 1.54) is 23.5 Å². The van der Waals surface area contributed by atoms with Gasteiger partial charge in [-0.25, -0.2) is 13.8 Å². The maximum absolute atomic E-state index is 14.2. The Morgan fingerprint density at radius 1 is 1.16 bits per heavy atom. The molecule has 0 saturated heterocycles. The summed E-state index contributed by atoms with van der Waals surface area (Å²) in [6.07, 6.45) is 1.57. The van der Waals surface area contributed by atoms with Crippen molar-refractivity contribution in [3.63, 3.8) is 0 Å². The molecule has 9 heteroatoms. The molecular weight excluding hydrogens is 424 g/mol. The first-order chi connectivity index (χ1) is 15.1. The average Bonchev–Trinajstić information content (AvgIpc) is 3.40. The van der Waals surface area contributed by atoms with Crippen LogP contribution < -0.4 is 14.9 Å². The first-order valence-electron chi connectivity index (χ1n) is 9.34. The van der Waals surface area contributed by atoms with E-state index in [4.69, 9.17) is 9.15 Å². The van der Waals surface area contributed by atoms with E-state index in [2.05, 4.69) is 10.3 Å². The van der Waals surface area contributed by atoms with E-state index in [9.17, 15) is 13.6 Å². The SMILES string of the molecule is O=C1COc2ccc(-c3csc(=Nc4ccc(F)cc4F)n3Cc3ccco3)cc2N1. The first-order valence-corrected chi connectivity index (χ1v) is 10.2. The van der Waals surface area contributed by atoms with Gasteiger partial charge in [0.25, 0.3) is 5.91 Å². The number of aromatic nitrogens is 1. The van der Waals surface area contributed by atoms with E-state index >= 15 is 0 Å². The molecule has 0 saturated carbocycles. The number of benzene rings is 2. The third-order valence-electron chi connectivity index (χ3n) is 4.73. The predicted molar refractivity (Wildman–Crippen MR) is 111 cm³/mol. The number of fused-ring (bicyclic) bond motifs is 1. The highest BCUT2D eigenvalue weighted by Crippen LogP contribution is 2.33. The Bertz CT molecular complexity index is 1340. The Kier molecular flexibility index (Phi) is 4.87. The zero-order chi connectivity index (χ0) is 21.4. The van der Waals surface area contributed by atoms with Gasteiger partial charge >= 0.3 is 0 Å². The molecule has 0 aliphatic carbocycles. The van der Waals surface area contributed by atoms with Crippen molar-refractivity contribution in [2.75, 3.05) is 11.9 Å². The van der Waals surface area contributed by atoms with E-state index in [1.807, 2.05) is 28.1 Å². The molecule has 1 aliphatic rings. The molecule has 0 radical (unpaired) electrons. The summed E-state index contributed by atoms with van der Waals surface area (Å²) in [5, 5.41) is 4.68. The third kappa shape index (κ3) is 3.87. The Morgan fingerprint density at radius 2 is 2.06 bits per heavy atom. The number of halogens is 2. The summed E-state index contributed by atoms with van der Waals surface area (Å²) >= 11 is 1.31. The number of rotatable bonds is 4. The zero-order valence-corrected chi connectivity index (χ0v) is 16.8. The Balaban J connectivity index is 1.64. The Hall–Kier alpha value is -3.72. The van der Waals surface area contributed by atoms with Crippen LogP contribution in [0, 0.1) is 11.6 Å². The molecule has 6 nitrogen and oxygen atoms in total. The van der Waals surface area contributed by atoms with Crippen molar-refractivity contribution < 1.29 is 22.7 Å². The number of hydrogen-bond donors (Lipinski definition) is 1. The van der Waals surface area contributed by atoms with Gasteiger partial charge in [0.1, 0.15) is 23.0 Å². The van der Waals surface area contributed by atoms with Crippen LogP contribution in [0.5, 0.6) is 5.75 Å². The maximum Gasteiger partial charge on any atom is 0.262 e. The van der Waals surface area contributed by atoms with E-state index in [0.717, 1.165) is 17.3 Å². The number of anilines is 1. The van der Waals surface area contributed by atoms with Gasteiger partial charge in [-0.05, 0) is 42.5 Å².